The molecule has 0 aliphatic heterocycles. The summed E-state index contributed by atoms with van der Waals surface area (Å²) in [5.41, 5.74) is 0. The second-order valence-electron chi connectivity index (χ2n) is 4.16. The lowest BCUT2D eigenvalue weighted by atomic mass is 10.2. The molecule has 1 rings (SSSR count). The number of ether oxygens (including phenoxy) is 1. The molecule has 0 heterocycles. The van der Waals surface area contributed by atoms with Gasteiger partial charge in [-0.05, 0) is 36.4 Å². The Bertz CT molecular complexity index is 349. The van der Waals surface area contributed by atoms with Crippen molar-refractivity contribution < 1.29 is 9.53 Å². The molecule has 17 heavy (non-hydrogen) atoms. The Balaban J connectivity index is 2.31. The first-order valence-electron chi connectivity index (χ1n) is 5.65. The van der Waals surface area contributed by atoms with Crippen molar-refractivity contribution in [3.05, 3.63) is 24.3 Å². The van der Waals surface area contributed by atoms with Gasteiger partial charge in [-0.2, -0.15) is 0 Å². The predicted octanol–water partition coefficient (Wildman–Crippen LogP) is 2.56. The van der Waals surface area contributed by atoms with Crippen LogP contribution in [-0.2, 0) is 4.79 Å². The summed E-state index contributed by atoms with van der Waals surface area (Å²) in [6.07, 6.45) is 2.02. The first-order chi connectivity index (χ1) is 8.11. The number of rotatable bonds is 6. The Morgan fingerprint density at radius 3 is 2.53 bits per heavy atom. The van der Waals surface area contributed by atoms with Crippen molar-refractivity contribution in [3.63, 3.8) is 0 Å². The van der Waals surface area contributed by atoms with E-state index in [1.54, 1.807) is 11.8 Å². The maximum Gasteiger partial charge on any atom is 0.257 e. The van der Waals surface area contributed by atoms with Gasteiger partial charge in [0.15, 0.2) is 6.61 Å². The molecule has 0 bridgehead atoms. The van der Waals surface area contributed by atoms with Crippen LogP contribution in [0.15, 0.2) is 29.2 Å². The number of carbonyl (C=O) groups is 1. The van der Waals surface area contributed by atoms with Gasteiger partial charge in [0.25, 0.3) is 5.91 Å². The smallest absolute Gasteiger partial charge is 0.257 e. The summed E-state index contributed by atoms with van der Waals surface area (Å²) in [5, 5.41) is 2.81. The van der Waals surface area contributed by atoms with Gasteiger partial charge in [0.05, 0.1) is 0 Å². The van der Waals surface area contributed by atoms with Crippen molar-refractivity contribution in [3.8, 4) is 5.75 Å². The molecule has 0 atom stereocenters. The van der Waals surface area contributed by atoms with Crippen molar-refractivity contribution in [1.29, 1.82) is 0 Å². The number of carbonyl (C=O) groups excluding carboxylic acids is 1. The fraction of sp³-hybridized carbons (Fsp3) is 0.462. The third-order valence-electron chi connectivity index (χ3n) is 2.14. The summed E-state index contributed by atoms with van der Waals surface area (Å²) < 4.78 is 5.38. The van der Waals surface area contributed by atoms with Gasteiger partial charge >= 0.3 is 0 Å². The van der Waals surface area contributed by atoms with Gasteiger partial charge in [0.2, 0.25) is 0 Å². The predicted molar refractivity (Wildman–Crippen MR) is 71.6 cm³/mol. The highest BCUT2D eigenvalue weighted by Gasteiger charge is 2.03. The third kappa shape index (κ3) is 5.63. The van der Waals surface area contributed by atoms with Crippen LogP contribution in [0.4, 0.5) is 0 Å². The van der Waals surface area contributed by atoms with E-state index >= 15 is 0 Å². The van der Waals surface area contributed by atoms with E-state index in [0.717, 1.165) is 5.75 Å². The van der Waals surface area contributed by atoms with Crippen LogP contribution in [-0.4, -0.2) is 25.3 Å². The molecule has 4 heteroatoms. The van der Waals surface area contributed by atoms with Gasteiger partial charge in [-0.25, -0.2) is 0 Å². The number of thioether (sulfide) groups is 1. The van der Waals surface area contributed by atoms with Crippen LogP contribution in [0.3, 0.4) is 0 Å². The van der Waals surface area contributed by atoms with Gasteiger partial charge in [0, 0.05) is 11.4 Å². The lowest BCUT2D eigenvalue weighted by Crippen LogP contribution is -2.31. The summed E-state index contributed by atoms with van der Waals surface area (Å²) in [6, 6.07) is 7.71. The van der Waals surface area contributed by atoms with Gasteiger partial charge in [0.1, 0.15) is 5.75 Å². The van der Waals surface area contributed by atoms with Crippen LogP contribution in [0.5, 0.6) is 5.75 Å². The summed E-state index contributed by atoms with van der Waals surface area (Å²) in [4.78, 5) is 12.6. The monoisotopic (exact) mass is 253 g/mol. The second kappa shape index (κ2) is 7.22. The first kappa shape index (κ1) is 13.9. The molecular formula is C13H19NO2S. The fourth-order valence-corrected chi connectivity index (χ4v) is 1.60. The molecule has 0 unspecified atom stereocenters. The van der Waals surface area contributed by atoms with Crippen LogP contribution < -0.4 is 10.1 Å². The van der Waals surface area contributed by atoms with Crippen molar-refractivity contribution in [2.24, 2.45) is 5.92 Å². The molecule has 0 aromatic heterocycles. The first-order valence-corrected chi connectivity index (χ1v) is 6.88. The van der Waals surface area contributed by atoms with Crippen LogP contribution in [0.1, 0.15) is 13.8 Å². The van der Waals surface area contributed by atoms with Crippen LogP contribution in [0, 0.1) is 5.92 Å². The highest BCUT2D eigenvalue weighted by molar-refractivity contribution is 7.98. The molecule has 94 valence electrons. The van der Waals surface area contributed by atoms with Crippen molar-refractivity contribution in [1.82, 2.24) is 5.32 Å². The average Bonchev–Trinajstić information content (AvgIpc) is 2.34. The number of nitrogens with one attached hydrogen (secondary N) is 1. The Kier molecular flexibility index (Phi) is 5.91. The maximum absolute atomic E-state index is 11.4. The van der Waals surface area contributed by atoms with Gasteiger partial charge in [-0.3, -0.25) is 4.79 Å². The van der Waals surface area contributed by atoms with E-state index in [2.05, 4.69) is 19.2 Å². The van der Waals surface area contributed by atoms with Gasteiger partial charge < -0.3 is 10.1 Å². The SMILES string of the molecule is CSc1ccc(OCC(=O)NCC(C)C)cc1. The van der Waals surface area contributed by atoms with Crippen LogP contribution in [0.25, 0.3) is 0 Å². The minimum Gasteiger partial charge on any atom is -0.484 e. The largest absolute Gasteiger partial charge is 0.484 e. The highest BCUT2D eigenvalue weighted by Crippen LogP contribution is 2.18. The summed E-state index contributed by atoms with van der Waals surface area (Å²) in [6.45, 7) is 4.88. The van der Waals surface area contributed by atoms with E-state index in [-0.39, 0.29) is 12.5 Å². The Morgan fingerprint density at radius 2 is 2.00 bits per heavy atom. The van der Waals surface area contributed by atoms with E-state index in [9.17, 15) is 4.79 Å². The lowest BCUT2D eigenvalue weighted by Gasteiger charge is -2.09. The zero-order valence-electron chi connectivity index (χ0n) is 10.5. The second-order valence-corrected chi connectivity index (χ2v) is 5.04. The van der Waals surface area contributed by atoms with Crippen molar-refractivity contribution >= 4 is 17.7 Å². The molecule has 0 radical (unpaired) electrons. The Hall–Kier alpha value is -1.16. The highest BCUT2D eigenvalue weighted by atomic mass is 32.2. The van der Waals surface area contributed by atoms with Gasteiger partial charge in [-0.1, -0.05) is 13.8 Å². The van der Waals surface area contributed by atoms with Crippen LogP contribution >= 0.6 is 11.8 Å². The number of hydrogen-bond donors (Lipinski definition) is 1. The zero-order chi connectivity index (χ0) is 12.7. The van der Waals surface area contributed by atoms with E-state index in [4.69, 9.17) is 4.74 Å². The van der Waals surface area contributed by atoms with E-state index in [1.165, 1.54) is 4.90 Å². The fourth-order valence-electron chi connectivity index (χ4n) is 1.19. The molecule has 0 spiro atoms. The molecule has 0 aliphatic rings. The summed E-state index contributed by atoms with van der Waals surface area (Å²) in [5.74, 6) is 1.11. The molecule has 0 fully saturated rings. The van der Waals surface area contributed by atoms with Gasteiger partial charge in [-0.15, -0.1) is 11.8 Å². The Morgan fingerprint density at radius 1 is 1.35 bits per heavy atom. The lowest BCUT2D eigenvalue weighted by molar-refractivity contribution is -0.123. The summed E-state index contributed by atoms with van der Waals surface area (Å²) in [7, 11) is 0. The molecule has 1 N–H and O–H groups in total. The Labute approximate surface area is 107 Å². The molecule has 1 amide bonds. The molecule has 0 saturated carbocycles. The standard InChI is InChI=1S/C13H19NO2S/c1-10(2)8-14-13(15)9-16-11-4-6-12(17-3)7-5-11/h4-7,10H,8-9H2,1-3H3,(H,14,15). The molecule has 1 aromatic carbocycles. The molecular weight excluding hydrogens is 234 g/mol. The van der Waals surface area contributed by atoms with Crippen molar-refractivity contribution in [2.75, 3.05) is 19.4 Å². The number of hydrogen-bond acceptors (Lipinski definition) is 3. The average molecular weight is 253 g/mol. The maximum atomic E-state index is 11.4. The summed E-state index contributed by atoms with van der Waals surface area (Å²) >= 11 is 1.68. The van der Waals surface area contributed by atoms with Crippen molar-refractivity contribution in [2.45, 2.75) is 18.7 Å². The van der Waals surface area contributed by atoms with Crippen LogP contribution in [0.2, 0.25) is 0 Å². The topological polar surface area (TPSA) is 38.3 Å². The quantitative estimate of drug-likeness (QED) is 0.792. The third-order valence-corrected chi connectivity index (χ3v) is 2.88. The molecule has 3 nitrogen and oxygen atoms in total. The molecule has 0 aliphatic carbocycles. The number of benzene rings is 1. The minimum absolute atomic E-state index is 0.0747. The number of amides is 1. The zero-order valence-corrected chi connectivity index (χ0v) is 11.3. The van der Waals surface area contributed by atoms with E-state index in [0.29, 0.717) is 12.5 Å². The normalized spacial score (nSPS) is 10.4. The molecule has 1 aromatic rings. The molecule has 0 saturated heterocycles. The van der Waals surface area contributed by atoms with E-state index < -0.39 is 0 Å². The minimum atomic E-state index is -0.0763. The van der Waals surface area contributed by atoms with E-state index in [1.807, 2.05) is 30.5 Å².